The van der Waals surface area contributed by atoms with Gasteiger partial charge in [-0.25, -0.2) is 9.48 Å². The lowest BCUT2D eigenvalue weighted by atomic mass is 10.1. The van der Waals surface area contributed by atoms with Gasteiger partial charge in [-0.2, -0.15) is 0 Å². The van der Waals surface area contributed by atoms with Crippen LogP contribution in [-0.4, -0.2) is 51.9 Å². The summed E-state index contributed by atoms with van der Waals surface area (Å²) in [7, 11) is 1.50. The Balaban J connectivity index is 0.000000758. The van der Waals surface area contributed by atoms with Gasteiger partial charge in [0.25, 0.3) is 12.4 Å². The van der Waals surface area contributed by atoms with E-state index in [0.29, 0.717) is 12.5 Å². The molecule has 1 fully saturated rings. The highest BCUT2D eigenvalue weighted by Gasteiger charge is 2.24. The summed E-state index contributed by atoms with van der Waals surface area (Å²) in [6, 6.07) is 7.77. The van der Waals surface area contributed by atoms with Gasteiger partial charge in [-0.3, -0.25) is 14.6 Å². The topological polar surface area (TPSA) is 120 Å². The molecule has 10 heteroatoms. The van der Waals surface area contributed by atoms with E-state index in [-0.39, 0.29) is 18.2 Å². The summed E-state index contributed by atoms with van der Waals surface area (Å²) in [5.41, 5.74) is 0.698. The van der Waals surface area contributed by atoms with Gasteiger partial charge in [0.15, 0.2) is 0 Å². The normalized spacial score (nSPS) is 15.9. The van der Waals surface area contributed by atoms with Crippen molar-refractivity contribution in [3.05, 3.63) is 45.6 Å². The first kappa shape index (κ1) is 19.5. The summed E-state index contributed by atoms with van der Waals surface area (Å²) < 4.78 is 1.10. The number of rotatable bonds is 4. The molecule has 0 saturated carbocycles. The van der Waals surface area contributed by atoms with E-state index in [1.54, 1.807) is 0 Å². The molecule has 1 aromatic carbocycles. The highest BCUT2D eigenvalue weighted by molar-refractivity contribution is 6.30. The number of aromatic amines is 1. The number of carboxylic acid groups (broad SMARTS) is 1. The molecule has 1 aromatic heterocycles. The third-order valence-electron chi connectivity index (χ3n) is 3.99. The number of halogens is 1. The van der Waals surface area contributed by atoms with Crippen LogP contribution in [0.4, 0.5) is 5.69 Å². The second-order valence-electron chi connectivity index (χ2n) is 5.80. The Labute approximate surface area is 154 Å². The van der Waals surface area contributed by atoms with Gasteiger partial charge >= 0.3 is 5.69 Å². The fourth-order valence-electron chi connectivity index (χ4n) is 2.73. The predicted molar refractivity (Wildman–Crippen MR) is 96.6 cm³/mol. The molecule has 1 atom stereocenters. The van der Waals surface area contributed by atoms with Crippen molar-refractivity contribution < 1.29 is 14.7 Å². The van der Waals surface area contributed by atoms with Crippen LogP contribution < -0.4 is 15.9 Å². The van der Waals surface area contributed by atoms with E-state index >= 15 is 0 Å². The Bertz CT molecular complexity index is 819. The Morgan fingerprint density at radius 1 is 1.54 bits per heavy atom. The quantitative estimate of drug-likeness (QED) is 0.671. The number of nitrogens with one attached hydrogen (secondary N) is 2. The molecular formula is C16H20ClN5O4. The average Bonchev–Trinajstić information content (AvgIpc) is 3.21. The molecule has 1 aliphatic rings. The summed E-state index contributed by atoms with van der Waals surface area (Å²) in [6.45, 7) is 2.09. The molecule has 1 unspecified atom stereocenters. The van der Waals surface area contributed by atoms with Crippen LogP contribution >= 0.6 is 11.6 Å². The molecule has 1 amide bonds. The first-order valence-electron chi connectivity index (χ1n) is 7.94. The molecule has 26 heavy (non-hydrogen) atoms. The van der Waals surface area contributed by atoms with Gasteiger partial charge in [-0.1, -0.05) is 17.7 Å². The monoisotopic (exact) mass is 381 g/mol. The van der Waals surface area contributed by atoms with Crippen LogP contribution in [0.5, 0.6) is 0 Å². The van der Waals surface area contributed by atoms with Crippen LogP contribution in [0.3, 0.4) is 0 Å². The van der Waals surface area contributed by atoms with Gasteiger partial charge in [-0.15, -0.1) is 5.10 Å². The minimum absolute atomic E-state index is 0.0437. The first-order valence-corrected chi connectivity index (χ1v) is 8.32. The van der Waals surface area contributed by atoms with Gasteiger partial charge in [0, 0.05) is 37.4 Å². The van der Waals surface area contributed by atoms with Gasteiger partial charge in [-0.05, 0) is 30.5 Å². The summed E-state index contributed by atoms with van der Waals surface area (Å²) in [6.07, 6.45) is 0.992. The average molecular weight is 382 g/mol. The predicted octanol–water partition coefficient (Wildman–Crippen LogP) is 0.719. The third-order valence-corrected chi connectivity index (χ3v) is 4.23. The first-order chi connectivity index (χ1) is 12.4. The minimum Gasteiger partial charge on any atom is -0.483 e. The van der Waals surface area contributed by atoms with Crippen molar-refractivity contribution >= 4 is 29.7 Å². The number of benzene rings is 1. The van der Waals surface area contributed by atoms with E-state index in [2.05, 4.69) is 20.3 Å². The van der Waals surface area contributed by atoms with E-state index < -0.39 is 5.69 Å². The van der Waals surface area contributed by atoms with E-state index in [0.717, 1.165) is 34.9 Å². The zero-order valence-corrected chi connectivity index (χ0v) is 14.9. The van der Waals surface area contributed by atoms with Crippen molar-refractivity contribution in [2.24, 2.45) is 13.0 Å². The molecule has 0 aliphatic carbocycles. The zero-order valence-electron chi connectivity index (χ0n) is 14.2. The lowest BCUT2D eigenvalue weighted by molar-refractivity contribution is -0.122. The van der Waals surface area contributed by atoms with E-state index in [1.165, 1.54) is 7.05 Å². The van der Waals surface area contributed by atoms with Crippen molar-refractivity contribution in [3.8, 4) is 0 Å². The van der Waals surface area contributed by atoms with Crippen LogP contribution in [0.2, 0.25) is 5.02 Å². The molecule has 9 nitrogen and oxygen atoms in total. The number of aromatic nitrogens is 3. The maximum absolute atomic E-state index is 12.0. The molecule has 1 aliphatic heterocycles. The number of nitrogens with zero attached hydrogens (tertiary/aromatic N) is 3. The van der Waals surface area contributed by atoms with Crippen molar-refractivity contribution in [3.63, 3.8) is 0 Å². The molecule has 1 saturated heterocycles. The zero-order chi connectivity index (χ0) is 19.1. The highest BCUT2D eigenvalue weighted by Crippen LogP contribution is 2.25. The van der Waals surface area contributed by atoms with Crippen LogP contribution in [0.15, 0.2) is 29.1 Å². The molecule has 0 spiro atoms. The van der Waals surface area contributed by atoms with Crippen molar-refractivity contribution in [1.82, 2.24) is 20.1 Å². The smallest absolute Gasteiger partial charge is 0.343 e. The number of H-pyrrole nitrogens is 1. The molecular weight excluding hydrogens is 362 g/mol. The number of aryl methyl sites for hydroxylation is 1. The second-order valence-corrected chi connectivity index (χ2v) is 6.23. The van der Waals surface area contributed by atoms with Crippen molar-refractivity contribution in [2.75, 3.05) is 24.5 Å². The van der Waals surface area contributed by atoms with Crippen LogP contribution in [-0.2, 0) is 11.8 Å². The molecule has 3 rings (SSSR count). The second kappa shape index (κ2) is 9.04. The Hall–Kier alpha value is -2.81. The number of carbonyl (C=O) groups is 2. The Morgan fingerprint density at radius 3 is 2.88 bits per heavy atom. The largest absolute Gasteiger partial charge is 0.483 e. The van der Waals surface area contributed by atoms with E-state index in [1.807, 2.05) is 24.3 Å². The molecule has 3 N–H and O–H groups in total. The fraction of sp³-hybridized carbons (Fsp3) is 0.375. The van der Waals surface area contributed by atoms with Gasteiger partial charge in [0.2, 0.25) is 5.82 Å². The number of anilines is 1. The molecule has 0 radical (unpaired) electrons. The number of amides is 1. The van der Waals surface area contributed by atoms with Crippen LogP contribution in [0.25, 0.3) is 0 Å². The van der Waals surface area contributed by atoms with Crippen LogP contribution in [0, 0.1) is 5.92 Å². The minimum atomic E-state index is -0.400. The highest BCUT2D eigenvalue weighted by atomic mass is 35.5. The summed E-state index contributed by atoms with van der Waals surface area (Å²) in [5.74, 6) is 0.0412. The van der Waals surface area contributed by atoms with Gasteiger partial charge < -0.3 is 15.3 Å². The Kier molecular flexibility index (Phi) is 6.79. The van der Waals surface area contributed by atoms with Crippen molar-refractivity contribution in [1.29, 1.82) is 0 Å². The summed E-state index contributed by atoms with van der Waals surface area (Å²) >= 11 is 6.02. The fourth-order valence-corrected chi connectivity index (χ4v) is 2.92. The van der Waals surface area contributed by atoms with Gasteiger partial charge in [0.1, 0.15) is 0 Å². The number of hydrogen-bond acceptors (Lipinski definition) is 5. The SMILES string of the molecule is Cn1nc(C(=O)NCC2CCN(c3cccc(Cl)c3)C2)[nH]c1=O.O=CO. The molecule has 2 heterocycles. The van der Waals surface area contributed by atoms with Gasteiger partial charge in [0.05, 0.1) is 0 Å². The lowest BCUT2D eigenvalue weighted by Crippen LogP contribution is -2.31. The maximum Gasteiger partial charge on any atom is 0.343 e. The maximum atomic E-state index is 12.0. The molecule has 0 bridgehead atoms. The van der Waals surface area contributed by atoms with E-state index in [9.17, 15) is 9.59 Å². The van der Waals surface area contributed by atoms with E-state index in [4.69, 9.17) is 21.5 Å². The molecule has 140 valence electrons. The van der Waals surface area contributed by atoms with Crippen molar-refractivity contribution in [2.45, 2.75) is 6.42 Å². The number of carbonyl (C=O) groups excluding carboxylic acids is 1. The third kappa shape index (κ3) is 5.09. The molecule has 2 aromatic rings. The van der Waals surface area contributed by atoms with Crippen LogP contribution in [0.1, 0.15) is 17.0 Å². The lowest BCUT2D eigenvalue weighted by Gasteiger charge is -2.19. The Morgan fingerprint density at radius 2 is 2.27 bits per heavy atom. The summed E-state index contributed by atoms with van der Waals surface area (Å²) in [5, 5.41) is 14.3. The standard InChI is InChI=1S/C15H18ClN5O2.CH2O2/c1-20-15(23)18-13(19-20)14(22)17-8-10-5-6-21(9-10)12-4-2-3-11(16)7-12;2-1-3/h2-4,7,10H,5-6,8-9H2,1H3,(H,17,22)(H,18,19,23);1H,(H,2,3). The number of hydrogen-bond donors (Lipinski definition) is 3. The summed E-state index contributed by atoms with van der Waals surface area (Å²) in [4.78, 5) is 36.3.